The second-order valence-corrected chi connectivity index (χ2v) is 4.56. The average Bonchev–Trinajstić information content (AvgIpc) is 2.44. The van der Waals surface area contributed by atoms with Crippen LogP contribution in [-0.2, 0) is 4.79 Å². The Morgan fingerprint density at radius 2 is 1.95 bits per heavy atom. The van der Waals surface area contributed by atoms with E-state index < -0.39 is 0 Å². The van der Waals surface area contributed by atoms with E-state index in [9.17, 15) is 9.90 Å². The molecule has 104 valence electrons. The molecule has 0 bridgehead atoms. The number of hydrogen-bond donors (Lipinski definition) is 2. The number of carbonyl (C=O) groups is 1. The number of aromatic hydroxyl groups is 1. The van der Waals surface area contributed by atoms with Crippen LogP contribution in [0, 0.1) is 0 Å². The fraction of sp³-hybridized carbons (Fsp3) is 0.133. The van der Waals surface area contributed by atoms with Crippen molar-refractivity contribution in [2.75, 3.05) is 11.9 Å². The molecular weight excluding hydrogens is 278 g/mol. The van der Waals surface area contributed by atoms with Crippen molar-refractivity contribution >= 4 is 23.2 Å². The van der Waals surface area contributed by atoms with E-state index in [1.807, 2.05) is 30.3 Å². The minimum Gasteiger partial charge on any atom is -0.506 e. The summed E-state index contributed by atoms with van der Waals surface area (Å²) in [6.45, 7) is 0.261. The Bertz CT molecular complexity index is 587. The van der Waals surface area contributed by atoms with Crippen LogP contribution in [0.4, 0.5) is 5.69 Å². The molecule has 2 aromatic carbocycles. The molecule has 2 aromatic rings. The highest BCUT2D eigenvalue weighted by atomic mass is 35.5. The van der Waals surface area contributed by atoms with Gasteiger partial charge in [0, 0.05) is 5.02 Å². The van der Waals surface area contributed by atoms with Gasteiger partial charge in [-0.2, -0.15) is 0 Å². The second-order valence-electron chi connectivity index (χ2n) is 4.12. The number of phenols is 1. The lowest BCUT2D eigenvalue weighted by molar-refractivity contribution is -0.116. The molecule has 0 radical (unpaired) electrons. The van der Waals surface area contributed by atoms with Crippen molar-refractivity contribution in [1.29, 1.82) is 0 Å². The summed E-state index contributed by atoms with van der Waals surface area (Å²) in [6.07, 6.45) is 0.181. The molecule has 0 spiro atoms. The van der Waals surface area contributed by atoms with Crippen LogP contribution in [0.15, 0.2) is 48.5 Å². The van der Waals surface area contributed by atoms with E-state index in [4.69, 9.17) is 16.3 Å². The highest BCUT2D eigenvalue weighted by molar-refractivity contribution is 6.31. The lowest BCUT2D eigenvalue weighted by atomic mass is 10.3. The molecule has 0 heterocycles. The van der Waals surface area contributed by atoms with Gasteiger partial charge in [-0.05, 0) is 30.3 Å². The summed E-state index contributed by atoms with van der Waals surface area (Å²) in [5.74, 6) is 0.441. The zero-order valence-electron chi connectivity index (χ0n) is 10.7. The van der Waals surface area contributed by atoms with Gasteiger partial charge >= 0.3 is 0 Å². The Morgan fingerprint density at radius 1 is 1.20 bits per heavy atom. The minimum atomic E-state index is -0.251. The quantitative estimate of drug-likeness (QED) is 0.830. The third kappa shape index (κ3) is 4.17. The number of benzene rings is 2. The third-order valence-electron chi connectivity index (χ3n) is 2.57. The maximum absolute atomic E-state index is 11.7. The molecule has 1 amide bonds. The largest absolute Gasteiger partial charge is 0.506 e. The summed E-state index contributed by atoms with van der Waals surface area (Å²) >= 11 is 5.80. The van der Waals surface area contributed by atoms with Gasteiger partial charge in [0.25, 0.3) is 0 Å². The highest BCUT2D eigenvalue weighted by Gasteiger charge is 2.07. The van der Waals surface area contributed by atoms with Crippen LogP contribution in [0.2, 0.25) is 5.02 Å². The summed E-state index contributed by atoms with van der Waals surface area (Å²) in [7, 11) is 0. The van der Waals surface area contributed by atoms with Crippen LogP contribution in [0.3, 0.4) is 0 Å². The van der Waals surface area contributed by atoms with Crippen molar-refractivity contribution in [3.63, 3.8) is 0 Å². The van der Waals surface area contributed by atoms with Crippen molar-refractivity contribution in [3.05, 3.63) is 53.6 Å². The summed E-state index contributed by atoms with van der Waals surface area (Å²) in [5.41, 5.74) is 0.294. The molecular formula is C15H14ClNO3. The smallest absolute Gasteiger partial charge is 0.227 e. The van der Waals surface area contributed by atoms with Crippen molar-refractivity contribution in [3.8, 4) is 11.5 Å². The predicted octanol–water partition coefficient (Wildman–Crippen LogP) is 3.45. The Morgan fingerprint density at radius 3 is 2.70 bits per heavy atom. The van der Waals surface area contributed by atoms with E-state index in [2.05, 4.69) is 5.32 Å². The van der Waals surface area contributed by atoms with Gasteiger partial charge in [-0.15, -0.1) is 0 Å². The minimum absolute atomic E-state index is 0.0215. The zero-order chi connectivity index (χ0) is 14.4. The fourth-order valence-electron chi connectivity index (χ4n) is 1.60. The van der Waals surface area contributed by atoms with E-state index >= 15 is 0 Å². The molecule has 2 N–H and O–H groups in total. The van der Waals surface area contributed by atoms with Crippen molar-refractivity contribution < 1.29 is 14.6 Å². The van der Waals surface area contributed by atoms with Crippen LogP contribution >= 0.6 is 11.6 Å². The summed E-state index contributed by atoms with van der Waals surface area (Å²) in [6, 6.07) is 13.7. The molecule has 5 heteroatoms. The first kappa shape index (κ1) is 14.2. The molecule has 4 nitrogen and oxygen atoms in total. The molecule has 2 rings (SSSR count). The zero-order valence-corrected chi connectivity index (χ0v) is 11.4. The Hall–Kier alpha value is -2.20. The summed E-state index contributed by atoms with van der Waals surface area (Å²) in [4.78, 5) is 11.7. The molecule has 0 aliphatic rings. The van der Waals surface area contributed by atoms with Crippen molar-refractivity contribution in [2.45, 2.75) is 6.42 Å². The average molecular weight is 292 g/mol. The Balaban J connectivity index is 1.82. The van der Waals surface area contributed by atoms with Crippen LogP contribution in [0.25, 0.3) is 0 Å². The molecule has 0 saturated carbocycles. The number of halogens is 1. The number of ether oxygens (including phenoxy) is 1. The van der Waals surface area contributed by atoms with Gasteiger partial charge in [-0.3, -0.25) is 4.79 Å². The molecule has 20 heavy (non-hydrogen) atoms. The van der Waals surface area contributed by atoms with Gasteiger partial charge in [0.1, 0.15) is 11.5 Å². The summed E-state index contributed by atoms with van der Waals surface area (Å²) < 4.78 is 5.42. The first-order valence-electron chi connectivity index (χ1n) is 6.11. The number of para-hydroxylation sites is 1. The topological polar surface area (TPSA) is 58.6 Å². The maximum Gasteiger partial charge on any atom is 0.227 e. The van der Waals surface area contributed by atoms with Crippen LogP contribution in [0.1, 0.15) is 6.42 Å². The predicted molar refractivity (Wildman–Crippen MR) is 78.3 cm³/mol. The number of anilines is 1. The normalized spacial score (nSPS) is 10.1. The number of nitrogens with one attached hydrogen (secondary N) is 1. The molecule has 0 aliphatic heterocycles. The SMILES string of the molecule is O=C(CCOc1ccccc1)Nc1cc(Cl)ccc1O. The number of amides is 1. The number of carbonyl (C=O) groups excluding carboxylic acids is 1. The first-order chi connectivity index (χ1) is 9.65. The highest BCUT2D eigenvalue weighted by Crippen LogP contribution is 2.26. The van der Waals surface area contributed by atoms with E-state index in [1.54, 1.807) is 6.07 Å². The van der Waals surface area contributed by atoms with Gasteiger partial charge in [0.2, 0.25) is 5.91 Å². The Labute approximate surface area is 122 Å². The number of phenolic OH excluding ortho intramolecular Hbond substituents is 1. The lowest BCUT2D eigenvalue weighted by Gasteiger charge is -2.08. The molecule has 0 aliphatic carbocycles. The van der Waals surface area contributed by atoms with E-state index in [1.165, 1.54) is 12.1 Å². The van der Waals surface area contributed by atoms with E-state index in [0.29, 0.717) is 16.5 Å². The maximum atomic E-state index is 11.7. The fourth-order valence-corrected chi connectivity index (χ4v) is 1.77. The van der Waals surface area contributed by atoms with Gasteiger partial charge in [0.05, 0.1) is 18.7 Å². The Kier molecular flexibility index (Phi) is 4.85. The summed E-state index contributed by atoms with van der Waals surface area (Å²) in [5, 5.41) is 12.6. The molecule has 0 saturated heterocycles. The van der Waals surface area contributed by atoms with Crippen LogP contribution < -0.4 is 10.1 Å². The monoisotopic (exact) mass is 291 g/mol. The third-order valence-corrected chi connectivity index (χ3v) is 2.81. The van der Waals surface area contributed by atoms with E-state index in [0.717, 1.165) is 0 Å². The van der Waals surface area contributed by atoms with Crippen LogP contribution in [0.5, 0.6) is 11.5 Å². The van der Waals surface area contributed by atoms with Gasteiger partial charge < -0.3 is 15.2 Å². The number of rotatable bonds is 5. The van der Waals surface area contributed by atoms with Crippen molar-refractivity contribution in [2.24, 2.45) is 0 Å². The lowest BCUT2D eigenvalue weighted by Crippen LogP contribution is -2.15. The number of hydrogen-bond acceptors (Lipinski definition) is 3. The molecule has 0 fully saturated rings. The van der Waals surface area contributed by atoms with Gasteiger partial charge in [-0.25, -0.2) is 0 Å². The molecule has 0 aromatic heterocycles. The molecule has 0 atom stereocenters. The van der Waals surface area contributed by atoms with Gasteiger partial charge in [-0.1, -0.05) is 29.8 Å². The van der Waals surface area contributed by atoms with Crippen molar-refractivity contribution in [1.82, 2.24) is 0 Å². The standard InChI is InChI=1S/C15H14ClNO3/c16-11-6-7-14(18)13(10-11)17-15(19)8-9-20-12-4-2-1-3-5-12/h1-7,10,18H,8-9H2,(H,17,19). The van der Waals surface area contributed by atoms with Crippen LogP contribution in [-0.4, -0.2) is 17.6 Å². The van der Waals surface area contributed by atoms with Gasteiger partial charge in [0.15, 0.2) is 0 Å². The second kappa shape index (κ2) is 6.82. The van der Waals surface area contributed by atoms with E-state index in [-0.39, 0.29) is 24.7 Å². The molecule has 0 unspecified atom stereocenters. The first-order valence-corrected chi connectivity index (χ1v) is 6.49.